The minimum Gasteiger partial charge on any atom is -0.379 e. The minimum absolute atomic E-state index is 0.0231. The standard InChI is InChI=1S/C20H25FN4O2/c1-5-17(19(12(2)27-4)22-13(3)26)25-10-6-7-18(25)20-23-15-9-8-14(21)11-16(15)24-20/h8-9,11-12,18-19H,1,6-7,10H2,2-4H3,(H,22,26)(H,23,24)/t12-,18+,19+/m1/s1. The van der Waals surface area contributed by atoms with Gasteiger partial charge in [-0.1, -0.05) is 6.58 Å². The van der Waals surface area contributed by atoms with Gasteiger partial charge in [-0.05, 0) is 38.0 Å². The van der Waals surface area contributed by atoms with E-state index in [1.807, 2.05) is 6.92 Å². The van der Waals surface area contributed by atoms with E-state index in [1.165, 1.54) is 19.1 Å². The quantitative estimate of drug-likeness (QED) is 0.765. The Morgan fingerprint density at radius 2 is 2.33 bits per heavy atom. The molecule has 0 radical (unpaired) electrons. The Hall–Kier alpha value is -2.63. The number of benzene rings is 1. The molecule has 1 saturated heterocycles. The van der Waals surface area contributed by atoms with E-state index in [0.29, 0.717) is 5.52 Å². The summed E-state index contributed by atoms with van der Waals surface area (Å²) in [5, 5.41) is 2.94. The molecule has 2 heterocycles. The van der Waals surface area contributed by atoms with E-state index in [0.717, 1.165) is 36.4 Å². The van der Waals surface area contributed by atoms with Crippen molar-refractivity contribution in [1.29, 1.82) is 0 Å². The summed E-state index contributed by atoms with van der Waals surface area (Å²) in [6, 6.07) is 4.13. The molecule has 0 aliphatic carbocycles. The van der Waals surface area contributed by atoms with Gasteiger partial charge in [0.1, 0.15) is 17.7 Å². The molecule has 3 atom stereocenters. The Morgan fingerprint density at radius 3 is 3.00 bits per heavy atom. The van der Waals surface area contributed by atoms with E-state index in [1.54, 1.807) is 13.2 Å². The van der Waals surface area contributed by atoms with Crippen LogP contribution in [0.1, 0.15) is 38.6 Å². The molecule has 0 unspecified atom stereocenters. The first-order valence-electron chi connectivity index (χ1n) is 9.06. The smallest absolute Gasteiger partial charge is 0.217 e. The van der Waals surface area contributed by atoms with Crippen LogP contribution >= 0.6 is 0 Å². The van der Waals surface area contributed by atoms with Crippen molar-refractivity contribution in [3.63, 3.8) is 0 Å². The van der Waals surface area contributed by atoms with Crippen molar-refractivity contribution >= 4 is 16.9 Å². The lowest BCUT2D eigenvalue weighted by Crippen LogP contribution is -2.47. The minimum atomic E-state index is -0.368. The third-order valence-corrected chi connectivity index (χ3v) is 5.02. The molecule has 0 saturated carbocycles. The first kappa shape index (κ1) is 19.1. The summed E-state index contributed by atoms with van der Waals surface area (Å²) in [7, 11) is 1.61. The number of methoxy groups -OCH3 is 1. The maximum absolute atomic E-state index is 13.5. The number of aromatic nitrogens is 2. The first-order valence-corrected chi connectivity index (χ1v) is 9.06. The van der Waals surface area contributed by atoms with Gasteiger partial charge in [-0.2, -0.15) is 0 Å². The zero-order valence-corrected chi connectivity index (χ0v) is 15.9. The predicted octanol–water partition coefficient (Wildman–Crippen LogP) is 3.05. The van der Waals surface area contributed by atoms with Crippen molar-refractivity contribution in [3.8, 4) is 0 Å². The van der Waals surface area contributed by atoms with Crippen molar-refractivity contribution in [2.24, 2.45) is 0 Å². The fraction of sp³-hybridized carbons (Fsp3) is 0.450. The van der Waals surface area contributed by atoms with E-state index >= 15 is 0 Å². The van der Waals surface area contributed by atoms with Gasteiger partial charge in [-0.15, -0.1) is 5.73 Å². The van der Waals surface area contributed by atoms with Crippen LogP contribution < -0.4 is 5.32 Å². The number of rotatable bonds is 6. The van der Waals surface area contributed by atoms with Gasteiger partial charge in [-0.25, -0.2) is 9.37 Å². The van der Waals surface area contributed by atoms with Crippen molar-refractivity contribution < 1.29 is 13.9 Å². The lowest BCUT2D eigenvalue weighted by molar-refractivity contribution is -0.120. The van der Waals surface area contributed by atoms with Crippen LogP contribution in [0.25, 0.3) is 11.0 Å². The molecule has 3 rings (SSSR count). The molecular formula is C20H25FN4O2. The van der Waals surface area contributed by atoms with Crippen LogP contribution in [0.4, 0.5) is 4.39 Å². The Kier molecular flexibility index (Phi) is 5.63. The average molecular weight is 372 g/mol. The number of nitrogens with zero attached hydrogens (tertiary/aromatic N) is 2. The number of fused-ring (bicyclic) bond motifs is 1. The van der Waals surface area contributed by atoms with Crippen molar-refractivity contribution in [3.05, 3.63) is 47.8 Å². The number of imidazole rings is 1. The van der Waals surface area contributed by atoms with Crippen LogP contribution in [0.2, 0.25) is 0 Å². The van der Waals surface area contributed by atoms with Gasteiger partial charge >= 0.3 is 0 Å². The average Bonchev–Trinajstić information content (AvgIpc) is 3.26. The van der Waals surface area contributed by atoms with Crippen LogP contribution in [0.3, 0.4) is 0 Å². The number of carbonyl (C=O) groups excluding carboxylic acids is 1. The normalized spacial score (nSPS) is 19.0. The van der Waals surface area contributed by atoms with E-state index in [9.17, 15) is 9.18 Å². The topological polar surface area (TPSA) is 70.2 Å². The summed E-state index contributed by atoms with van der Waals surface area (Å²) in [5.41, 5.74) is 5.17. The van der Waals surface area contributed by atoms with Crippen LogP contribution in [-0.2, 0) is 9.53 Å². The number of amides is 1. The van der Waals surface area contributed by atoms with Gasteiger partial charge in [0, 0.05) is 20.6 Å². The number of hydrogen-bond acceptors (Lipinski definition) is 4. The van der Waals surface area contributed by atoms with Crippen molar-refractivity contribution in [2.45, 2.75) is 44.9 Å². The number of aromatic amines is 1. The number of H-pyrrole nitrogens is 1. The van der Waals surface area contributed by atoms with Crippen molar-refractivity contribution in [1.82, 2.24) is 20.2 Å². The predicted molar refractivity (Wildman–Crippen MR) is 101 cm³/mol. The third kappa shape index (κ3) is 3.89. The number of carbonyl (C=O) groups is 1. The molecule has 1 aliphatic rings. The molecule has 1 amide bonds. The Labute approximate surface area is 158 Å². The number of likely N-dealkylation sites (tertiary alicyclic amines) is 1. The van der Waals surface area contributed by atoms with E-state index in [2.05, 4.69) is 32.5 Å². The van der Waals surface area contributed by atoms with Gasteiger partial charge in [0.05, 0.1) is 28.9 Å². The van der Waals surface area contributed by atoms with E-state index in [4.69, 9.17) is 4.74 Å². The molecule has 2 N–H and O–H groups in total. The number of ether oxygens (including phenoxy) is 1. The molecular weight excluding hydrogens is 347 g/mol. The second kappa shape index (κ2) is 7.94. The highest BCUT2D eigenvalue weighted by molar-refractivity contribution is 5.75. The first-order chi connectivity index (χ1) is 12.9. The molecule has 27 heavy (non-hydrogen) atoms. The lowest BCUT2D eigenvalue weighted by atomic mass is 10.1. The second-order valence-corrected chi connectivity index (χ2v) is 6.82. The van der Waals surface area contributed by atoms with Gasteiger partial charge in [-0.3, -0.25) is 4.79 Å². The fourth-order valence-corrected chi connectivity index (χ4v) is 3.65. The molecule has 2 aromatic rings. The van der Waals surface area contributed by atoms with E-state index < -0.39 is 0 Å². The van der Waals surface area contributed by atoms with Crippen LogP contribution in [0.15, 0.2) is 36.2 Å². The molecule has 1 aliphatic heterocycles. The molecule has 1 fully saturated rings. The van der Waals surface area contributed by atoms with Gasteiger partial charge in [0.15, 0.2) is 0 Å². The zero-order valence-electron chi connectivity index (χ0n) is 15.9. The third-order valence-electron chi connectivity index (χ3n) is 5.02. The molecule has 0 spiro atoms. The summed E-state index contributed by atoms with van der Waals surface area (Å²) in [5.74, 6) is 0.325. The maximum atomic E-state index is 13.5. The molecule has 1 aromatic heterocycles. The molecule has 144 valence electrons. The van der Waals surface area contributed by atoms with Gasteiger partial charge in [0.2, 0.25) is 5.91 Å². The van der Waals surface area contributed by atoms with Crippen LogP contribution in [0, 0.1) is 5.82 Å². The Balaban J connectivity index is 1.94. The highest BCUT2D eigenvalue weighted by Crippen LogP contribution is 2.35. The zero-order chi connectivity index (χ0) is 19.6. The van der Waals surface area contributed by atoms with Gasteiger partial charge in [0.25, 0.3) is 0 Å². The van der Waals surface area contributed by atoms with E-state index in [-0.39, 0.29) is 29.9 Å². The highest BCUT2D eigenvalue weighted by atomic mass is 19.1. The summed E-state index contributed by atoms with van der Waals surface area (Å²) >= 11 is 0. The largest absolute Gasteiger partial charge is 0.379 e. The summed E-state index contributed by atoms with van der Waals surface area (Å²) in [6.45, 7) is 8.01. The monoisotopic (exact) mass is 372 g/mol. The second-order valence-electron chi connectivity index (χ2n) is 6.82. The molecule has 6 nitrogen and oxygen atoms in total. The summed E-state index contributed by atoms with van der Waals surface area (Å²) in [4.78, 5) is 21.7. The lowest BCUT2D eigenvalue weighted by Gasteiger charge is -2.34. The fourth-order valence-electron chi connectivity index (χ4n) is 3.65. The maximum Gasteiger partial charge on any atom is 0.217 e. The SMILES string of the molecule is C=C=C([C@@H](NC(C)=O)[C@@H](C)OC)N1CCC[C@H]1c1nc2ccc(F)cc2[nH]1. The number of halogens is 1. The van der Waals surface area contributed by atoms with Crippen LogP contribution in [-0.4, -0.2) is 46.6 Å². The Morgan fingerprint density at radius 1 is 1.56 bits per heavy atom. The van der Waals surface area contributed by atoms with Gasteiger partial charge < -0.3 is 19.9 Å². The summed E-state index contributed by atoms with van der Waals surface area (Å²) < 4.78 is 19.0. The number of nitrogens with one attached hydrogen (secondary N) is 2. The highest BCUT2D eigenvalue weighted by Gasteiger charge is 2.35. The Bertz CT molecular complexity index is 887. The molecule has 0 bridgehead atoms. The molecule has 7 heteroatoms. The van der Waals surface area contributed by atoms with Crippen LogP contribution in [0.5, 0.6) is 0 Å². The van der Waals surface area contributed by atoms with Crippen molar-refractivity contribution in [2.75, 3.05) is 13.7 Å². The molecule has 1 aromatic carbocycles. The number of hydrogen-bond donors (Lipinski definition) is 2. The summed E-state index contributed by atoms with van der Waals surface area (Å²) in [6.07, 6.45) is 1.61.